The van der Waals surface area contributed by atoms with Gasteiger partial charge in [-0.15, -0.1) is 5.06 Å². The Morgan fingerprint density at radius 2 is 1.83 bits per heavy atom. The van der Waals surface area contributed by atoms with Crippen LogP contribution in [0.3, 0.4) is 0 Å². The molecule has 0 unspecified atom stereocenters. The third-order valence-electron chi connectivity index (χ3n) is 6.39. The monoisotopic (exact) mass is 594 g/mol. The van der Waals surface area contributed by atoms with Crippen LogP contribution in [-0.4, -0.2) is 90.1 Å². The summed E-state index contributed by atoms with van der Waals surface area (Å²) in [5, 5.41) is 8.55. The van der Waals surface area contributed by atoms with E-state index in [9.17, 15) is 22.8 Å². The SMILES string of the molecule is CN(C)OC(=O)N1CCN(CCOc2ccc(NC(=O)c3cccc(C(F)(F)F)c3)cc2-c2c(Cl)cnn2C)CC1. The van der Waals surface area contributed by atoms with Crippen molar-refractivity contribution in [3.8, 4) is 17.0 Å². The molecule has 220 valence electrons. The summed E-state index contributed by atoms with van der Waals surface area (Å²) in [4.78, 5) is 33.8. The fourth-order valence-corrected chi connectivity index (χ4v) is 4.59. The molecular formula is C27H30ClF3N6O4. The molecule has 10 nitrogen and oxygen atoms in total. The fourth-order valence-electron chi connectivity index (χ4n) is 4.33. The molecule has 0 aliphatic carbocycles. The van der Waals surface area contributed by atoms with E-state index >= 15 is 0 Å². The van der Waals surface area contributed by atoms with Gasteiger partial charge in [0.25, 0.3) is 5.91 Å². The van der Waals surface area contributed by atoms with E-state index in [4.69, 9.17) is 21.2 Å². The number of aryl methyl sites for hydroxylation is 1. The Balaban J connectivity index is 1.44. The molecule has 0 spiro atoms. The average Bonchev–Trinajstić information content (AvgIpc) is 3.26. The quantitative estimate of drug-likeness (QED) is 0.381. The summed E-state index contributed by atoms with van der Waals surface area (Å²) in [5.41, 5.74) is 0.396. The zero-order valence-corrected chi connectivity index (χ0v) is 23.5. The lowest BCUT2D eigenvalue weighted by Crippen LogP contribution is -2.50. The number of piperazine rings is 1. The molecule has 41 heavy (non-hydrogen) atoms. The number of alkyl halides is 3. The summed E-state index contributed by atoms with van der Waals surface area (Å²) >= 11 is 6.41. The van der Waals surface area contributed by atoms with Crippen molar-refractivity contribution in [1.82, 2.24) is 24.6 Å². The molecule has 3 aromatic rings. The predicted molar refractivity (Wildman–Crippen MR) is 147 cm³/mol. The molecule has 1 aliphatic rings. The Morgan fingerprint density at radius 3 is 2.46 bits per heavy atom. The number of hydroxylamine groups is 2. The van der Waals surface area contributed by atoms with E-state index < -0.39 is 17.6 Å². The van der Waals surface area contributed by atoms with Crippen molar-refractivity contribution >= 4 is 29.3 Å². The van der Waals surface area contributed by atoms with Crippen molar-refractivity contribution in [1.29, 1.82) is 0 Å². The third kappa shape index (κ3) is 7.69. The van der Waals surface area contributed by atoms with Crippen LogP contribution in [0.2, 0.25) is 5.02 Å². The van der Waals surface area contributed by atoms with E-state index in [1.165, 1.54) is 23.4 Å². The molecule has 1 saturated heterocycles. The fraction of sp³-hybridized carbons (Fsp3) is 0.370. The number of amides is 2. The van der Waals surface area contributed by atoms with Gasteiger partial charge in [0.1, 0.15) is 12.4 Å². The standard InChI is InChI=1S/C27H30ClF3N6O4/c1-34(2)41-26(39)37-11-9-36(10-12-37)13-14-40-23-8-7-20(16-21(23)24-22(28)17-32-35(24)3)33-25(38)18-5-4-6-19(15-18)27(29,30)31/h4-8,15-17H,9-14H2,1-3H3,(H,33,38). The highest BCUT2D eigenvalue weighted by molar-refractivity contribution is 6.33. The second-order valence-electron chi connectivity index (χ2n) is 9.56. The van der Waals surface area contributed by atoms with Gasteiger partial charge < -0.3 is 19.8 Å². The molecule has 2 heterocycles. The minimum Gasteiger partial charge on any atom is -0.492 e. The summed E-state index contributed by atoms with van der Waals surface area (Å²) in [6.45, 7) is 3.31. The molecule has 2 aromatic carbocycles. The summed E-state index contributed by atoms with van der Waals surface area (Å²) in [5.74, 6) is -0.207. The topological polar surface area (TPSA) is 92.2 Å². The number of nitrogens with one attached hydrogen (secondary N) is 1. The Labute approximate surface area is 240 Å². The Bertz CT molecular complexity index is 1370. The van der Waals surface area contributed by atoms with Gasteiger partial charge in [0.15, 0.2) is 0 Å². The van der Waals surface area contributed by atoms with Crippen molar-refractivity contribution in [2.24, 2.45) is 7.05 Å². The van der Waals surface area contributed by atoms with Gasteiger partial charge in [0.05, 0.1) is 22.5 Å². The summed E-state index contributed by atoms with van der Waals surface area (Å²) in [6, 6.07) is 9.11. The number of ether oxygens (including phenoxy) is 1. The highest BCUT2D eigenvalue weighted by Gasteiger charge is 2.31. The van der Waals surface area contributed by atoms with Crippen molar-refractivity contribution in [3.63, 3.8) is 0 Å². The Hall–Kier alpha value is -3.81. The van der Waals surface area contributed by atoms with E-state index in [0.29, 0.717) is 67.0 Å². The first kappa shape index (κ1) is 30.2. The molecule has 1 fully saturated rings. The van der Waals surface area contributed by atoms with Gasteiger partial charge in [-0.3, -0.25) is 14.4 Å². The van der Waals surface area contributed by atoms with Gasteiger partial charge in [0, 0.05) is 70.7 Å². The molecule has 0 bridgehead atoms. The summed E-state index contributed by atoms with van der Waals surface area (Å²) in [7, 11) is 5.00. The van der Waals surface area contributed by atoms with Crippen LogP contribution in [-0.2, 0) is 18.1 Å². The molecule has 1 aliphatic heterocycles. The molecule has 14 heteroatoms. The van der Waals surface area contributed by atoms with Crippen LogP contribution in [0.5, 0.6) is 5.75 Å². The van der Waals surface area contributed by atoms with Gasteiger partial charge in [-0.25, -0.2) is 4.79 Å². The molecule has 0 saturated carbocycles. The summed E-state index contributed by atoms with van der Waals surface area (Å²) in [6.07, 6.45) is -3.47. The van der Waals surface area contributed by atoms with Crippen LogP contribution < -0.4 is 10.1 Å². The average molecular weight is 595 g/mol. The number of aromatic nitrogens is 2. The molecule has 2 amide bonds. The molecule has 0 atom stereocenters. The normalized spacial score (nSPS) is 14.3. The first-order valence-electron chi connectivity index (χ1n) is 12.7. The Morgan fingerprint density at radius 1 is 1.10 bits per heavy atom. The number of nitrogens with zero attached hydrogens (tertiary/aromatic N) is 5. The van der Waals surface area contributed by atoms with Gasteiger partial charge in [0.2, 0.25) is 0 Å². The van der Waals surface area contributed by atoms with E-state index in [2.05, 4.69) is 15.3 Å². The number of hydrogen-bond acceptors (Lipinski definition) is 7. The van der Waals surface area contributed by atoms with Crippen molar-refractivity contribution in [3.05, 3.63) is 64.8 Å². The van der Waals surface area contributed by atoms with Crippen molar-refractivity contribution in [2.75, 3.05) is 58.7 Å². The number of carbonyl (C=O) groups is 2. The van der Waals surface area contributed by atoms with Crippen LogP contribution >= 0.6 is 11.6 Å². The number of carbonyl (C=O) groups excluding carboxylic acids is 2. The van der Waals surface area contributed by atoms with Gasteiger partial charge >= 0.3 is 12.3 Å². The number of anilines is 1. The number of halogens is 4. The second-order valence-corrected chi connectivity index (χ2v) is 9.96. The largest absolute Gasteiger partial charge is 0.492 e. The molecule has 0 radical (unpaired) electrons. The van der Waals surface area contributed by atoms with E-state index in [1.54, 1.807) is 48.9 Å². The lowest BCUT2D eigenvalue weighted by Gasteiger charge is -2.34. The zero-order chi connectivity index (χ0) is 29.7. The minimum atomic E-state index is -4.57. The molecular weight excluding hydrogens is 565 g/mol. The Kier molecular flexibility index (Phi) is 9.41. The zero-order valence-electron chi connectivity index (χ0n) is 22.7. The van der Waals surface area contributed by atoms with Gasteiger partial charge in [-0.05, 0) is 36.4 Å². The maximum absolute atomic E-state index is 13.1. The van der Waals surface area contributed by atoms with Crippen molar-refractivity contribution < 1.29 is 32.3 Å². The number of hydrogen-bond donors (Lipinski definition) is 1. The van der Waals surface area contributed by atoms with Crippen LogP contribution in [0, 0.1) is 0 Å². The van der Waals surface area contributed by atoms with Crippen LogP contribution in [0.4, 0.5) is 23.7 Å². The van der Waals surface area contributed by atoms with Crippen LogP contribution in [0.1, 0.15) is 15.9 Å². The van der Waals surface area contributed by atoms with E-state index in [1.807, 2.05) is 0 Å². The minimum absolute atomic E-state index is 0.129. The molecule has 4 rings (SSSR count). The lowest BCUT2D eigenvalue weighted by molar-refractivity contribution is -0.137. The molecule has 1 aromatic heterocycles. The number of benzene rings is 2. The highest BCUT2D eigenvalue weighted by atomic mass is 35.5. The third-order valence-corrected chi connectivity index (χ3v) is 6.67. The number of rotatable bonds is 8. The van der Waals surface area contributed by atoms with Crippen LogP contribution in [0.25, 0.3) is 11.3 Å². The smallest absolute Gasteiger partial charge is 0.429 e. The maximum atomic E-state index is 13.1. The first-order chi connectivity index (χ1) is 19.4. The van der Waals surface area contributed by atoms with Crippen molar-refractivity contribution in [2.45, 2.75) is 6.18 Å². The van der Waals surface area contributed by atoms with E-state index in [-0.39, 0.29) is 11.7 Å². The lowest BCUT2D eigenvalue weighted by atomic mass is 10.1. The predicted octanol–water partition coefficient (Wildman–Crippen LogP) is 4.62. The second kappa shape index (κ2) is 12.8. The van der Waals surface area contributed by atoms with Gasteiger partial charge in [-0.1, -0.05) is 17.7 Å². The maximum Gasteiger partial charge on any atom is 0.429 e. The van der Waals surface area contributed by atoms with Crippen LogP contribution in [0.15, 0.2) is 48.7 Å². The first-order valence-corrected chi connectivity index (χ1v) is 13.1. The highest BCUT2D eigenvalue weighted by Crippen LogP contribution is 2.37. The van der Waals surface area contributed by atoms with Gasteiger partial charge in [-0.2, -0.15) is 18.3 Å². The van der Waals surface area contributed by atoms with E-state index in [0.717, 1.165) is 12.1 Å². The summed E-state index contributed by atoms with van der Waals surface area (Å²) < 4.78 is 47.0. The molecule has 1 N–H and O–H groups in total.